The van der Waals surface area contributed by atoms with Gasteiger partial charge in [-0.2, -0.15) is 0 Å². The SMILES string of the molecule is CCNC(=NCCC(=O)N1CCCC(C)C1)NC1CCN(c2ncccc2Cl)C1.I. The number of amides is 1. The van der Waals surface area contributed by atoms with E-state index in [9.17, 15) is 4.79 Å². The van der Waals surface area contributed by atoms with Gasteiger partial charge in [0.15, 0.2) is 5.96 Å². The molecule has 2 aliphatic heterocycles. The van der Waals surface area contributed by atoms with E-state index in [-0.39, 0.29) is 35.9 Å². The summed E-state index contributed by atoms with van der Waals surface area (Å²) in [7, 11) is 0. The minimum atomic E-state index is 0. The maximum absolute atomic E-state index is 12.4. The Labute approximate surface area is 202 Å². The highest BCUT2D eigenvalue weighted by Gasteiger charge is 2.25. The molecule has 2 atom stereocenters. The fourth-order valence-corrected chi connectivity index (χ4v) is 4.27. The molecule has 1 aromatic rings. The average Bonchev–Trinajstić information content (AvgIpc) is 3.16. The standard InChI is InChI=1S/C21H33ClN6O.HI/c1-3-23-21(25-11-8-19(29)27-12-5-6-16(2)14-27)26-17-9-13-28(15-17)20-18(22)7-4-10-24-20;/h4,7,10,16-17H,3,5-6,8-9,11-15H2,1-2H3,(H2,23,25,26);1H. The maximum Gasteiger partial charge on any atom is 0.224 e. The lowest BCUT2D eigenvalue weighted by Gasteiger charge is -2.30. The van der Waals surface area contributed by atoms with Gasteiger partial charge in [0.25, 0.3) is 0 Å². The van der Waals surface area contributed by atoms with Crippen LogP contribution in [0.4, 0.5) is 5.82 Å². The van der Waals surface area contributed by atoms with E-state index >= 15 is 0 Å². The first-order valence-electron chi connectivity index (χ1n) is 10.7. The summed E-state index contributed by atoms with van der Waals surface area (Å²) in [6.07, 6.45) is 5.55. The summed E-state index contributed by atoms with van der Waals surface area (Å²) in [5, 5.41) is 7.47. The molecule has 2 aliphatic rings. The van der Waals surface area contributed by atoms with E-state index in [2.05, 4.69) is 32.4 Å². The summed E-state index contributed by atoms with van der Waals surface area (Å²) >= 11 is 6.28. The van der Waals surface area contributed by atoms with E-state index in [1.165, 1.54) is 6.42 Å². The summed E-state index contributed by atoms with van der Waals surface area (Å²) in [5.74, 6) is 2.43. The zero-order valence-electron chi connectivity index (χ0n) is 17.9. The number of likely N-dealkylation sites (tertiary alicyclic amines) is 1. The molecule has 0 aromatic carbocycles. The zero-order valence-corrected chi connectivity index (χ0v) is 21.0. The predicted octanol–water partition coefficient (Wildman–Crippen LogP) is 3.14. The Morgan fingerprint density at radius 2 is 2.17 bits per heavy atom. The monoisotopic (exact) mass is 548 g/mol. The molecule has 2 fully saturated rings. The van der Waals surface area contributed by atoms with Crippen LogP contribution in [0.3, 0.4) is 0 Å². The number of carbonyl (C=O) groups excluding carboxylic acids is 1. The van der Waals surface area contributed by atoms with Gasteiger partial charge in [-0.05, 0) is 44.2 Å². The number of piperidine rings is 1. The van der Waals surface area contributed by atoms with Crippen LogP contribution in [0.25, 0.3) is 0 Å². The first kappa shape index (κ1) is 25.0. The minimum absolute atomic E-state index is 0. The molecule has 0 bridgehead atoms. The highest BCUT2D eigenvalue weighted by Crippen LogP contribution is 2.25. The first-order chi connectivity index (χ1) is 14.1. The van der Waals surface area contributed by atoms with Crippen molar-refractivity contribution < 1.29 is 4.79 Å². The molecule has 0 saturated carbocycles. The smallest absolute Gasteiger partial charge is 0.224 e. The van der Waals surface area contributed by atoms with Gasteiger partial charge in [-0.15, -0.1) is 24.0 Å². The number of hydrogen-bond acceptors (Lipinski definition) is 4. The van der Waals surface area contributed by atoms with Crippen molar-refractivity contribution in [2.75, 3.05) is 44.2 Å². The molecule has 1 aromatic heterocycles. The van der Waals surface area contributed by atoms with Gasteiger partial charge >= 0.3 is 0 Å². The van der Waals surface area contributed by atoms with Gasteiger partial charge in [-0.25, -0.2) is 4.98 Å². The molecule has 7 nitrogen and oxygen atoms in total. The fourth-order valence-electron chi connectivity index (χ4n) is 4.03. The van der Waals surface area contributed by atoms with Crippen molar-refractivity contribution in [1.82, 2.24) is 20.5 Å². The van der Waals surface area contributed by atoms with Crippen LogP contribution in [-0.2, 0) is 4.79 Å². The van der Waals surface area contributed by atoms with Gasteiger partial charge in [-0.3, -0.25) is 9.79 Å². The maximum atomic E-state index is 12.4. The molecular formula is C21H34ClIN6O. The largest absolute Gasteiger partial charge is 0.357 e. The molecule has 3 heterocycles. The lowest BCUT2D eigenvalue weighted by Crippen LogP contribution is -2.45. The van der Waals surface area contributed by atoms with Crippen molar-refractivity contribution in [3.05, 3.63) is 23.4 Å². The molecule has 3 rings (SSSR count). The molecule has 2 unspecified atom stereocenters. The molecule has 0 spiro atoms. The van der Waals surface area contributed by atoms with Crippen LogP contribution >= 0.6 is 35.6 Å². The highest BCUT2D eigenvalue weighted by molar-refractivity contribution is 14.0. The number of hydrogen-bond donors (Lipinski definition) is 2. The molecule has 168 valence electrons. The van der Waals surface area contributed by atoms with Gasteiger partial charge < -0.3 is 20.4 Å². The van der Waals surface area contributed by atoms with Crippen LogP contribution in [0.2, 0.25) is 5.02 Å². The molecular weight excluding hydrogens is 515 g/mol. The molecule has 9 heteroatoms. The number of aliphatic imine (C=N–C) groups is 1. The summed E-state index contributed by atoms with van der Waals surface area (Å²) in [5.41, 5.74) is 0. The number of anilines is 1. The first-order valence-corrected chi connectivity index (χ1v) is 11.1. The lowest BCUT2D eigenvalue weighted by atomic mass is 10.00. The summed E-state index contributed by atoms with van der Waals surface area (Å²) < 4.78 is 0. The summed E-state index contributed by atoms with van der Waals surface area (Å²) in [4.78, 5) is 25.7. The Bertz CT molecular complexity index is 718. The van der Waals surface area contributed by atoms with Crippen molar-refractivity contribution in [3.8, 4) is 0 Å². The Balaban J connectivity index is 0.00000320. The molecule has 30 heavy (non-hydrogen) atoms. The van der Waals surface area contributed by atoms with Gasteiger partial charge in [-0.1, -0.05) is 18.5 Å². The van der Waals surface area contributed by atoms with Crippen molar-refractivity contribution in [1.29, 1.82) is 0 Å². The third kappa shape index (κ3) is 7.14. The zero-order chi connectivity index (χ0) is 20.6. The van der Waals surface area contributed by atoms with Crippen molar-refractivity contribution in [2.45, 2.75) is 45.6 Å². The number of nitrogens with one attached hydrogen (secondary N) is 2. The highest BCUT2D eigenvalue weighted by atomic mass is 127. The van der Waals surface area contributed by atoms with Crippen LogP contribution in [-0.4, -0.2) is 67.1 Å². The second-order valence-electron chi connectivity index (χ2n) is 7.98. The number of halogens is 2. The Morgan fingerprint density at radius 1 is 1.33 bits per heavy atom. The topological polar surface area (TPSA) is 72.9 Å². The quantitative estimate of drug-likeness (QED) is 0.325. The van der Waals surface area contributed by atoms with Crippen molar-refractivity contribution >= 4 is 53.3 Å². The van der Waals surface area contributed by atoms with E-state index in [0.717, 1.165) is 57.3 Å². The fraction of sp³-hybridized carbons (Fsp3) is 0.667. The molecule has 0 aliphatic carbocycles. The molecule has 2 saturated heterocycles. The van der Waals surface area contributed by atoms with Gasteiger partial charge in [0.05, 0.1) is 11.6 Å². The van der Waals surface area contributed by atoms with Crippen LogP contribution in [0.5, 0.6) is 0 Å². The molecule has 1 amide bonds. The lowest BCUT2D eigenvalue weighted by molar-refractivity contribution is -0.132. The second kappa shape index (κ2) is 12.5. The second-order valence-corrected chi connectivity index (χ2v) is 8.39. The Hall–Kier alpha value is -1.29. The molecule has 2 N–H and O–H groups in total. The van der Waals surface area contributed by atoms with E-state index in [0.29, 0.717) is 23.9 Å². The van der Waals surface area contributed by atoms with E-state index in [1.54, 1.807) is 6.20 Å². The molecule has 0 radical (unpaired) electrons. The van der Waals surface area contributed by atoms with Gasteiger partial charge in [0.1, 0.15) is 5.82 Å². The Kier molecular flexibility index (Phi) is 10.4. The summed E-state index contributed by atoms with van der Waals surface area (Å²) in [6.45, 7) is 9.05. The van der Waals surface area contributed by atoms with Crippen LogP contribution in [0.15, 0.2) is 23.3 Å². The minimum Gasteiger partial charge on any atom is -0.357 e. The number of pyridine rings is 1. The number of carbonyl (C=O) groups is 1. The average molecular weight is 549 g/mol. The van der Waals surface area contributed by atoms with Gasteiger partial charge in [0, 0.05) is 51.4 Å². The van der Waals surface area contributed by atoms with Crippen LogP contribution in [0.1, 0.15) is 39.5 Å². The normalized spacial score (nSPS) is 21.9. The predicted molar refractivity (Wildman–Crippen MR) is 134 cm³/mol. The van der Waals surface area contributed by atoms with E-state index < -0.39 is 0 Å². The number of nitrogens with zero attached hydrogens (tertiary/aromatic N) is 4. The van der Waals surface area contributed by atoms with Crippen LogP contribution in [0, 0.1) is 5.92 Å². The van der Waals surface area contributed by atoms with Gasteiger partial charge in [0.2, 0.25) is 5.91 Å². The van der Waals surface area contributed by atoms with E-state index in [4.69, 9.17) is 11.6 Å². The number of guanidine groups is 1. The third-order valence-electron chi connectivity index (χ3n) is 5.52. The van der Waals surface area contributed by atoms with E-state index in [1.807, 2.05) is 24.0 Å². The van der Waals surface area contributed by atoms with Crippen molar-refractivity contribution in [2.24, 2.45) is 10.9 Å². The third-order valence-corrected chi connectivity index (χ3v) is 5.81. The van der Waals surface area contributed by atoms with Crippen LogP contribution < -0.4 is 15.5 Å². The number of rotatable bonds is 6. The van der Waals surface area contributed by atoms with Crippen molar-refractivity contribution in [3.63, 3.8) is 0 Å². The Morgan fingerprint density at radius 3 is 2.90 bits per heavy atom. The summed E-state index contributed by atoms with van der Waals surface area (Å²) in [6, 6.07) is 3.99. The number of aromatic nitrogens is 1.